The zero-order chi connectivity index (χ0) is 19.4. The second kappa shape index (κ2) is 9.57. The zero-order valence-corrected chi connectivity index (χ0v) is 17.0. The van der Waals surface area contributed by atoms with Gasteiger partial charge in [0.2, 0.25) is 5.91 Å². The molecular formula is C21H27ClN4O2. The number of nitrogens with one attached hydrogen (secondary N) is 2. The third-order valence-corrected chi connectivity index (χ3v) is 4.67. The maximum Gasteiger partial charge on any atom is 0.323 e. The summed E-state index contributed by atoms with van der Waals surface area (Å²) in [6.07, 6.45) is 1.06. The van der Waals surface area contributed by atoms with Crippen molar-refractivity contribution in [2.45, 2.75) is 39.3 Å². The van der Waals surface area contributed by atoms with Gasteiger partial charge in [0.25, 0.3) is 0 Å². The molecule has 6 nitrogen and oxygen atoms in total. The number of benzene rings is 2. The average molecular weight is 403 g/mol. The van der Waals surface area contributed by atoms with Crippen molar-refractivity contribution in [3.63, 3.8) is 0 Å². The van der Waals surface area contributed by atoms with Gasteiger partial charge in [-0.25, -0.2) is 4.79 Å². The lowest BCUT2D eigenvalue weighted by Crippen LogP contribution is -2.38. The van der Waals surface area contributed by atoms with E-state index in [0.29, 0.717) is 25.9 Å². The van der Waals surface area contributed by atoms with Crippen molar-refractivity contribution in [1.82, 2.24) is 4.90 Å². The van der Waals surface area contributed by atoms with Gasteiger partial charge >= 0.3 is 6.03 Å². The van der Waals surface area contributed by atoms with Gasteiger partial charge in [-0.3, -0.25) is 4.79 Å². The Bertz CT molecular complexity index is 837. The van der Waals surface area contributed by atoms with Crippen LogP contribution in [0.2, 0.25) is 0 Å². The van der Waals surface area contributed by atoms with Gasteiger partial charge in [0.15, 0.2) is 0 Å². The number of halogens is 1. The third-order valence-electron chi connectivity index (χ3n) is 4.67. The highest BCUT2D eigenvalue weighted by Gasteiger charge is 2.23. The fourth-order valence-electron chi connectivity index (χ4n) is 3.27. The van der Waals surface area contributed by atoms with E-state index in [2.05, 4.69) is 10.6 Å². The molecule has 0 saturated carbocycles. The van der Waals surface area contributed by atoms with Crippen LogP contribution < -0.4 is 16.4 Å². The van der Waals surface area contributed by atoms with Crippen molar-refractivity contribution in [3.05, 3.63) is 59.2 Å². The van der Waals surface area contributed by atoms with Crippen LogP contribution in [0.5, 0.6) is 0 Å². The average Bonchev–Trinajstić information content (AvgIpc) is 2.63. The molecule has 7 heteroatoms. The lowest BCUT2D eigenvalue weighted by atomic mass is 9.97. The number of carbonyl (C=O) groups excluding carboxylic acids is 2. The van der Waals surface area contributed by atoms with Crippen molar-refractivity contribution in [2.75, 3.05) is 17.2 Å². The van der Waals surface area contributed by atoms with Gasteiger partial charge in [-0.05, 0) is 49.6 Å². The quantitative estimate of drug-likeness (QED) is 0.728. The second-order valence-corrected chi connectivity index (χ2v) is 7.14. The van der Waals surface area contributed by atoms with E-state index in [9.17, 15) is 9.59 Å². The number of amides is 3. The molecule has 3 amide bonds. The highest BCUT2D eigenvalue weighted by atomic mass is 35.5. The Morgan fingerprint density at radius 1 is 1.14 bits per heavy atom. The molecule has 4 N–H and O–H groups in total. The number of aryl methyl sites for hydroxylation is 1. The fourth-order valence-corrected chi connectivity index (χ4v) is 3.27. The van der Waals surface area contributed by atoms with E-state index in [4.69, 9.17) is 5.73 Å². The molecule has 150 valence electrons. The number of carbonyl (C=O) groups is 2. The number of hydrogen-bond donors (Lipinski definition) is 3. The van der Waals surface area contributed by atoms with Crippen molar-refractivity contribution in [2.24, 2.45) is 5.73 Å². The smallest absolute Gasteiger partial charge is 0.323 e. The second-order valence-electron chi connectivity index (χ2n) is 7.14. The van der Waals surface area contributed by atoms with E-state index in [1.165, 1.54) is 0 Å². The topological polar surface area (TPSA) is 87.5 Å². The molecule has 0 bridgehead atoms. The molecular weight excluding hydrogens is 376 g/mol. The van der Waals surface area contributed by atoms with Gasteiger partial charge in [0, 0.05) is 36.9 Å². The maximum absolute atomic E-state index is 12.3. The standard InChI is InChI=1S/C21H26N4O2.ClH/c1-14-6-8-17(9-7-14)23-21(27)24-19-5-3-4-16-13-25(11-10-18(16)19)20(26)12-15(2)22;/h3-9,15H,10-13,22H2,1-2H3,(H2,23,24,27);1H. The van der Waals surface area contributed by atoms with E-state index >= 15 is 0 Å². The highest BCUT2D eigenvalue weighted by Crippen LogP contribution is 2.27. The lowest BCUT2D eigenvalue weighted by Gasteiger charge is -2.30. The number of hydrogen-bond acceptors (Lipinski definition) is 3. The van der Waals surface area contributed by atoms with Crippen LogP contribution in [0, 0.1) is 6.92 Å². The van der Waals surface area contributed by atoms with Gasteiger partial charge in [0.05, 0.1) is 0 Å². The normalized spacial score (nSPS) is 13.8. The van der Waals surface area contributed by atoms with Crippen LogP contribution in [0.3, 0.4) is 0 Å². The summed E-state index contributed by atoms with van der Waals surface area (Å²) >= 11 is 0. The Balaban J connectivity index is 0.00000280. The monoisotopic (exact) mass is 402 g/mol. The molecule has 2 aromatic rings. The summed E-state index contributed by atoms with van der Waals surface area (Å²) in [4.78, 5) is 26.5. The Labute approximate surface area is 171 Å². The molecule has 0 spiro atoms. The largest absolute Gasteiger partial charge is 0.338 e. The lowest BCUT2D eigenvalue weighted by molar-refractivity contribution is -0.132. The molecule has 1 unspecified atom stereocenters. The summed E-state index contributed by atoms with van der Waals surface area (Å²) in [5, 5.41) is 5.78. The molecule has 0 saturated heterocycles. The van der Waals surface area contributed by atoms with Gasteiger partial charge in [-0.1, -0.05) is 29.8 Å². The summed E-state index contributed by atoms with van der Waals surface area (Å²) in [7, 11) is 0. The molecule has 3 rings (SSSR count). The number of fused-ring (bicyclic) bond motifs is 1. The van der Waals surface area contributed by atoms with E-state index in [0.717, 1.165) is 28.1 Å². The molecule has 1 aliphatic heterocycles. The predicted octanol–water partition coefficient (Wildman–Crippen LogP) is 3.68. The predicted molar refractivity (Wildman–Crippen MR) is 115 cm³/mol. The summed E-state index contributed by atoms with van der Waals surface area (Å²) in [5.41, 5.74) is 10.6. The SMILES string of the molecule is Cc1ccc(NC(=O)Nc2cccc3c2CCN(C(=O)CC(C)N)C3)cc1.Cl. The van der Waals surface area contributed by atoms with Crippen molar-refractivity contribution in [3.8, 4) is 0 Å². The van der Waals surface area contributed by atoms with Gasteiger partial charge in [-0.2, -0.15) is 0 Å². The minimum Gasteiger partial charge on any atom is -0.338 e. The molecule has 1 atom stereocenters. The summed E-state index contributed by atoms with van der Waals surface area (Å²) in [5.74, 6) is 0.0751. The first-order valence-electron chi connectivity index (χ1n) is 9.21. The Morgan fingerprint density at radius 2 is 1.86 bits per heavy atom. The minimum absolute atomic E-state index is 0. The van der Waals surface area contributed by atoms with Crippen molar-refractivity contribution < 1.29 is 9.59 Å². The maximum atomic E-state index is 12.3. The van der Waals surface area contributed by atoms with E-state index < -0.39 is 0 Å². The minimum atomic E-state index is -0.275. The highest BCUT2D eigenvalue weighted by molar-refractivity contribution is 6.00. The zero-order valence-electron chi connectivity index (χ0n) is 16.2. The van der Waals surface area contributed by atoms with Gasteiger partial charge < -0.3 is 21.3 Å². The van der Waals surface area contributed by atoms with Crippen LogP contribution >= 0.6 is 12.4 Å². The van der Waals surface area contributed by atoms with Crippen LogP contribution in [0.4, 0.5) is 16.2 Å². The number of nitrogens with zero attached hydrogens (tertiary/aromatic N) is 1. The van der Waals surface area contributed by atoms with Crippen molar-refractivity contribution >= 4 is 35.7 Å². The first kappa shape index (κ1) is 21.7. The summed E-state index contributed by atoms with van der Waals surface area (Å²) in [6, 6.07) is 13.0. The Kier molecular flexibility index (Phi) is 7.43. The molecule has 0 aliphatic carbocycles. The number of urea groups is 1. The van der Waals surface area contributed by atoms with Crippen LogP contribution in [-0.2, 0) is 17.8 Å². The van der Waals surface area contributed by atoms with Gasteiger partial charge in [-0.15, -0.1) is 12.4 Å². The fraction of sp³-hybridized carbons (Fsp3) is 0.333. The molecule has 28 heavy (non-hydrogen) atoms. The van der Waals surface area contributed by atoms with Crippen LogP contribution in [0.15, 0.2) is 42.5 Å². The molecule has 0 radical (unpaired) electrons. The number of anilines is 2. The number of rotatable bonds is 4. The first-order valence-corrected chi connectivity index (χ1v) is 9.21. The summed E-state index contributed by atoms with van der Waals surface area (Å²) in [6.45, 7) is 5.03. The molecule has 1 heterocycles. The van der Waals surface area contributed by atoms with Crippen LogP contribution in [0.1, 0.15) is 30.0 Å². The van der Waals surface area contributed by atoms with Gasteiger partial charge in [0.1, 0.15) is 0 Å². The van der Waals surface area contributed by atoms with Crippen molar-refractivity contribution in [1.29, 1.82) is 0 Å². The molecule has 1 aliphatic rings. The van der Waals surface area contributed by atoms with E-state index in [1.54, 1.807) is 0 Å². The molecule has 0 fully saturated rings. The Morgan fingerprint density at radius 3 is 2.54 bits per heavy atom. The van der Waals surface area contributed by atoms with Crippen LogP contribution in [0.25, 0.3) is 0 Å². The van der Waals surface area contributed by atoms with Crippen LogP contribution in [-0.4, -0.2) is 29.4 Å². The molecule has 2 aromatic carbocycles. The Hall–Kier alpha value is -2.57. The first-order chi connectivity index (χ1) is 12.9. The van der Waals surface area contributed by atoms with E-state index in [-0.39, 0.29) is 30.4 Å². The number of nitrogens with two attached hydrogens (primary N) is 1. The summed E-state index contributed by atoms with van der Waals surface area (Å²) < 4.78 is 0. The van der Waals surface area contributed by atoms with E-state index in [1.807, 2.05) is 61.2 Å². The molecule has 0 aromatic heterocycles. The third kappa shape index (κ3) is 5.47.